The molecule has 0 radical (unpaired) electrons. The molecule has 100 valence electrons. The summed E-state index contributed by atoms with van der Waals surface area (Å²) in [4.78, 5) is 26.0. The molecule has 2 heterocycles. The third-order valence-electron chi connectivity index (χ3n) is 3.18. The summed E-state index contributed by atoms with van der Waals surface area (Å²) in [7, 11) is 1.63. The predicted molar refractivity (Wildman–Crippen MR) is 76.7 cm³/mol. The fraction of sp³-hybridized carbons (Fsp3) is 0.0769. The summed E-state index contributed by atoms with van der Waals surface area (Å²) in [5, 5.41) is 4.02. The van der Waals surface area contributed by atoms with Gasteiger partial charge in [-0.25, -0.2) is 4.90 Å². The van der Waals surface area contributed by atoms with Gasteiger partial charge in [-0.1, -0.05) is 24.4 Å². The number of nitrogens with two attached hydrogens (primary N) is 1. The Hall–Kier alpha value is -2.54. The third-order valence-corrected chi connectivity index (χ3v) is 3.40. The molecular formula is C13H10N4O2S. The third kappa shape index (κ3) is 1.56. The van der Waals surface area contributed by atoms with Crippen LogP contribution in [0, 0.1) is 0 Å². The highest BCUT2D eigenvalue weighted by molar-refractivity contribution is 7.80. The fourth-order valence-corrected chi connectivity index (χ4v) is 2.40. The highest BCUT2D eigenvalue weighted by Gasteiger charge is 2.39. The topological polar surface area (TPSA) is 81.2 Å². The number of thiocarbonyl (C=S) groups is 1. The molecule has 2 amide bonds. The smallest absolute Gasteiger partial charge is 0.267 e. The van der Waals surface area contributed by atoms with E-state index in [0.29, 0.717) is 22.5 Å². The van der Waals surface area contributed by atoms with Crippen LogP contribution in [0.2, 0.25) is 0 Å². The van der Waals surface area contributed by atoms with Crippen molar-refractivity contribution in [2.75, 3.05) is 4.90 Å². The second kappa shape index (κ2) is 4.24. The van der Waals surface area contributed by atoms with Crippen LogP contribution in [0.25, 0.3) is 0 Å². The van der Waals surface area contributed by atoms with Crippen molar-refractivity contribution in [2.45, 2.75) is 0 Å². The lowest BCUT2D eigenvalue weighted by atomic mass is 10.1. The van der Waals surface area contributed by atoms with Gasteiger partial charge in [-0.15, -0.1) is 0 Å². The number of carbonyl (C=O) groups is 2. The van der Waals surface area contributed by atoms with Gasteiger partial charge in [-0.05, 0) is 12.1 Å². The van der Waals surface area contributed by atoms with Gasteiger partial charge in [0.05, 0.1) is 22.9 Å². The Labute approximate surface area is 119 Å². The first kappa shape index (κ1) is 12.5. The molecule has 2 N–H and O–H groups in total. The Morgan fingerprint density at radius 3 is 2.25 bits per heavy atom. The van der Waals surface area contributed by atoms with E-state index in [1.165, 1.54) is 10.9 Å². The van der Waals surface area contributed by atoms with Crippen molar-refractivity contribution in [3.05, 3.63) is 47.2 Å². The molecule has 1 aliphatic heterocycles. The van der Waals surface area contributed by atoms with E-state index in [2.05, 4.69) is 5.10 Å². The number of fused-ring (bicyclic) bond motifs is 1. The second-order valence-electron chi connectivity index (χ2n) is 4.36. The van der Waals surface area contributed by atoms with Crippen molar-refractivity contribution in [3.8, 4) is 0 Å². The van der Waals surface area contributed by atoms with Crippen LogP contribution >= 0.6 is 12.2 Å². The average Bonchev–Trinajstić information content (AvgIpc) is 2.91. The molecular weight excluding hydrogens is 276 g/mol. The van der Waals surface area contributed by atoms with Crippen LogP contribution in [0.1, 0.15) is 26.3 Å². The number of nitrogens with zero attached hydrogens (tertiary/aromatic N) is 3. The van der Waals surface area contributed by atoms with Crippen molar-refractivity contribution in [1.82, 2.24) is 9.78 Å². The van der Waals surface area contributed by atoms with Gasteiger partial charge in [0, 0.05) is 7.05 Å². The first-order valence-electron chi connectivity index (χ1n) is 5.82. The maximum Gasteiger partial charge on any atom is 0.267 e. The summed E-state index contributed by atoms with van der Waals surface area (Å²) in [6.07, 6.45) is 1.45. The number of aromatic nitrogens is 2. The molecule has 0 unspecified atom stereocenters. The normalized spacial score (nSPS) is 13.8. The van der Waals surface area contributed by atoms with Crippen molar-refractivity contribution >= 4 is 34.8 Å². The van der Waals surface area contributed by atoms with Crippen LogP contribution in [-0.2, 0) is 7.05 Å². The highest BCUT2D eigenvalue weighted by Crippen LogP contribution is 2.30. The quantitative estimate of drug-likeness (QED) is 0.654. The summed E-state index contributed by atoms with van der Waals surface area (Å²) in [5.41, 5.74) is 6.76. The maximum atomic E-state index is 12.4. The molecule has 20 heavy (non-hydrogen) atoms. The number of hydrogen-bond acceptors (Lipinski definition) is 4. The molecule has 0 aliphatic carbocycles. The highest BCUT2D eigenvalue weighted by atomic mass is 32.1. The molecule has 6 nitrogen and oxygen atoms in total. The van der Waals surface area contributed by atoms with E-state index in [4.69, 9.17) is 18.0 Å². The van der Waals surface area contributed by atoms with E-state index in [0.717, 1.165) is 4.90 Å². The summed E-state index contributed by atoms with van der Waals surface area (Å²) in [5.74, 6) is -0.498. The van der Waals surface area contributed by atoms with E-state index in [9.17, 15) is 9.59 Å². The van der Waals surface area contributed by atoms with Gasteiger partial charge < -0.3 is 5.73 Å². The first-order chi connectivity index (χ1) is 9.52. The van der Waals surface area contributed by atoms with Gasteiger partial charge in [0.1, 0.15) is 4.99 Å². The number of hydrogen-bond donors (Lipinski definition) is 1. The van der Waals surface area contributed by atoms with Crippen LogP contribution in [0.4, 0.5) is 5.82 Å². The minimum absolute atomic E-state index is 0.0876. The van der Waals surface area contributed by atoms with Gasteiger partial charge in [0.15, 0.2) is 5.82 Å². The largest absolute Gasteiger partial charge is 0.389 e. The monoisotopic (exact) mass is 286 g/mol. The minimum atomic E-state index is -0.397. The predicted octanol–water partition coefficient (Wildman–Crippen LogP) is 0.855. The molecule has 0 saturated carbocycles. The molecule has 1 aromatic heterocycles. The van der Waals surface area contributed by atoms with Crippen LogP contribution in [0.5, 0.6) is 0 Å². The number of benzene rings is 1. The number of rotatable bonds is 2. The summed E-state index contributed by atoms with van der Waals surface area (Å²) < 4.78 is 1.41. The van der Waals surface area contributed by atoms with Crippen LogP contribution < -0.4 is 10.6 Å². The van der Waals surface area contributed by atoms with Gasteiger partial charge in [-0.3, -0.25) is 14.3 Å². The Morgan fingerprint density at radius 2 is 1.75 bits per heavy atom. The Kier molecular flexibility index (Phi) is 2.65. The second-order valence-corrected chi connectivity index (χ2v) is 4.80. The number of carbonyl (C=O) groups excluding carboxylic acids is 2. The molecule has 1 aromatic carbocycles. The maximum absolute atomic E-state index is 12.4. The minimum Gasteiger partial charge on any atom is -0.389 e. The van der Waals surface area contributed by atoms with E-state index in [1.54, 1.807) is 31.3 Å². The zero-order valence-electron chi connectivity index (χ0n) is 10.5. The molecule has 7 heteroatoms. The van der Waals surface area contributed by atoms with Gasteiger partial charge in [-0.2, -0.15) is 5.10 Å². The SMILES string of the molecule is Cn1ncc(C(N)=S)c1N1C(=O)c2ccccc2C1=O. The van der Waals surface area contributed by atoms with Crippen molar-refractivity contribution < 1.29 is 9.59 Å². The van der Waals surface area contributed by atoms with Crippen molar-refractivity contribution in [2.24, 2.45) is 12.8 Å². The molecule has 2 aromatic rings. The summed E-state index contributed by atoms with van der Waals surface area (Å²) >= 11 is 4.94. The first-order valence-corrected chi connectivity index (χ1v) is 6.23. The Balaban J connectivity index is 2.19. The van der Waals surface area contributed by atoms with Crippen LogP contribution in [-0.4, -0.2) is 26.6 Å². The zero-order chi connectivity index (χ0) is 14.4. The number of amides is 2. The van der Waals surface area contributed by atoms with Gasteiger partial charge >= 0.3 is 0 Å². The lowest BCUT2D eigenvalue weighted by molar-refractivity contribution is 0.0923. The Morgan fingerprint density at radius 1 is 1.20 bits per heavy atom. The van der Waals surface area contributed by atoms with Gasteiger partial charge in [0.25, 0.3) is 11.8 Å². The van der Waals surface area contributed by atoms with Crippen molar-refractivity contribution in [3.63, 3.8) is 0 Å². The van der Waals surface area contributed by atoms with E-state index in [-0.39, 0.29) is 4.99 Å². The molecule has 0 bridgehead atoms. The number of aryl methyl sites for hydroxylation is 1. The molecule has 0 saturated heterocycles. The van der Waals surface area contributed by atoms with Crippen molar-refractivity contribution in [1.29, 1.82) is 0 Å². The summed E-state index contributed by atoms with van der Waals surface area (Å²) in [6.45, 7) is 0. The van der Waals surface area contributed by atoms with Crippen LogP contribution in [0.3, 0.4) is 0 Å². The van der Waals surface area contributed by atoms with E-state index < -0.39 is 11.8 Å². The number of imide groups is 1. The molecule has 3 rings (SSSR count). The van der Waals surface area contributed by atoms with Crippen LogP contribution in [0.15, 0.2) is 30.5 Å². The molecule has 0 fully saturated rings. The average molecular weight is 286 g/mol. The molecule has 0 spiro atoms. The lowest BCUT2D eigenvalue weighted by Crippen LogP contribution is -2.33. The number of anilines is 1. The zero-order valence-corrected chi connectivity index (χ0v) is 11.3. The van der Waals surface area contributed by atoms with E-state index in [1.807, 2.05) is 0 Å². The summed E-state index contributed by atoms with van der Waals surface area (Å²) in [6, 6.07) is 6.66. The van der Waals surface area contributed by atoms with Gasteiger partial charge in [0.2, 0.25) is 0 Å². The molecule has 1 aliphatic rings. The Bertz CT molecular complexity index is 730. The fourth-order valence-electron chi connectivity index (χ4n) is 2.25. The standard InChI is InChI=1S/C13H10N4O2S/c1-16-11(9(6-15-16)10(14)20)17-12(18)7-4-2-3-5-8(7)13(17)19/h2-6H,1H3,(H2,14,20). The van der Waals surface area contributed by atoms with E-state index >= 15 is 0 Å². The molecule has 0 atom stereocenters. The lowest BCUT2D eigenvalue weighted by Gasteiger charge is -2.15.